The van der Waals surface area contributed by atoms with Crippen LogP contribution in [0.2, 0.25) is 0 Å². The fourth-order valence-corrected chi connectivity index (χ4v) is 2.75. The number of carbonyl (C=O) groups excluding carboxylic acids is 1. The number of aromatic nitrogens is 2. The lowest BCUT2D eigenvalue weighted by Crippen LogP contribution is -2.62. The molecule has 1 saturated heterocycles. The fourth-order valence-electron chi connectivity index (χ4n) is 2.75. The number of hydrogen-bond donors (Lipinski definition) is 1. The molecule has 1 aromatic rings. The Balaban J connectivity index is 2.52. The maximum absolute atomic E-state index is 12.4. The molecule has 2 rings (SSSR count). The monoisotopic (exact) mass is 277 g/mol. The minimum atomic E-state index is -0.628. The van der Waals surface area contributed by atoms with Gasteiger partial charge in [0.25, 0.3) is 0 Å². The third kappa shape index (κ3) is 2.19. The van der Waals surface area contributed by atoms with Crippen LogP contribution < -0.4 is 10.6 Å². The molecule has 20 heavy (non-hydrogen) atoms. The van der Waals surface area contributed by atoms with Crippen LogP contribution in [0.15, 0.2) is 6.33 Å². The first-order valence-electron chi connectivity index (χ1n) is 6.90. The molecule has 2 heterocycles. The molecule has 0 aliphatic carbocycles. The standard InChI is InChI=1S/C14H23N5O/c1-9(2)10-11(15)16-8-17-12(10)19-7-6-18(5)13(20)14(19,3)4/h8-9H,6-7H2,1-5H3,(H2,15,16,17). The van der Waals surface area contributed by atoms with Crippen molar-refractivity contribution in [1.29, 1.82) is 0 Å². The second kappa shape index (κ2) is 4.92. The average Bonchev–Trinajstić information content (AvgIpc) is 2.35. The molecule has 0 atom stereocenters. The first-order chi connectivity index (χ1) is 9.26. The van der Waals surface area contributed by atoms with E-state index in [1.54, 1.807) is 4.90 Å². The molecule has 6 nitrogen and oxygen atoms in total. The summed E-state index contributed by atoms with van der Waals surface area (Å²) < 4.78 is 0. The summed E-state index contributed by atoms with van der Waals surface area (Å²) >= 11 is 0. The molecule has 0 aromatic carbocycles. The molecular weight excluding hydrogens is 254 g/mol. The van der Waals surface area contributed by atoms with E-state index in [9.17, 15) is 4.79 Å². The smallest absolute Gasteiger partial charge is 0.247 e. The third-order valence-corrected chi connectivity index (χ3v) is 3.93. The number of hydrogen-bond acceptors (Lipinski definition) is 5. The highest BCUT2D eigenvalue weighted by atomic mass is 16.2. The van der Waals surface area contributed by atoms with Crippen LogP contribution >= 0.6 is 0 Å². The number of piperazine rings is 1. The summed E-state index contributed by atoms with van der Waals surface area (Å²) in [4.78, 5) is 24.7. The van der Waals surface area contributed by atoms with Crippen LogP contribution in [0.25, 0.3) is 0 Å². The second-order valence-electron chi connectivity index (χ2n) is 6.09. The van der Waals surface area contributed by atoms with Gasteiger partial charge < -0.3 is 15.5 Å². The molecule has 0 spiro atoms. The van der Waals surface area contributed by atoms with Gasteiger partial charge in [0.05, 0.1) is 0 Å². The number of rotatable bonds is 2. The predicted octanol–water partition coefficient (Wildman–Crippen LogP) is 1.24. The molecule has 1 aromatic heterocycles. The molecule has 1 amide bonds. The lowest BCUT2D eigenvalue weighted by Gasteiger charge is -2.46. The molecule has 1 aliphatic heterocycles. The van der Waals surface area contributed by atoms with Crippen LogP contribution in [-0.4, -0.2) is 46.5 Å². The Morgan fingerprint density at radius 2 is 1.95 bits per heavy atom. The van der Waals surface area contributed by atoms with Gasteiger partial charge in [-0.25, -0.2) is 9.97 Å². The molecule has 6 heteroatoms. The van der Waals surface area contributed by atoms with Gasteiger partial charge in [0.2, 0.25) is 5.91 Å². The normalized spacial score (nSPS) is 18.8. The van der Waals surface area contributed by atoms with Gasteiger partial charge in [-0.3, -0.25) is 4.79 Å². The Hall–Kier alpha value is -1.85. The summed E-state index contributed by atoms with van der Waals surface area (Å²) in [6.45, 7) is 9.39. The second-order valence-corrected chi connectivity index (χ2v) is 6.09. The van der Waals surface area contributed by atoms with Crippen molar-refractivity contribution in [1.82, 2.24) is 14.9 Å². The summed E-state index contributed by atoms with van der Waals surface area (Å²) in [5.74, 6) is 1.57. The third-order valence-electron chi connectivity index (χ3n) is 3.93. The van der Waals surface area contributed by atoms with Crippen LogP contribution in [0, 0.1) is 0 Å². The van der Waals surface area contributed by atoms with Gasteiger partial charge in [-0.1, -0.05) is 13.8 Å². The summed E-state index contributed by atoms with van der Waals surface area (Å²) in [5.41, 5.74) is 6.29. The fraction of sp³-hybridized carbons (Fsp3) is 0.643. The largest absolute Gasteiger partial charge is 0.383 e. The molecule has 110 valence electrons. The summed E-state index contributed by atoms with van der Waals surface area (Å²) in [7, 11) is 1.83. The van der Waals surface area contributed by atoms with Crippen molar-refractivity contribution in [3.05, 3.63) is 11.9 Å². The molecular formula is C14H23N5O. The molecule has 1 fully saturated rings. The zero-order valence-electron chi connectivity index (χ0n) is 12.8. The lowest BCUT2D eigenvalue weighted by atomic mass is 9.95. The van der Waals surface area contributed by atoms with Crippen LogP contribution in [0.1, 0.15) is 39.2 Å². The van der Waals surface area contributed by atoms with Crippen molar-refractivity contribution >= 4 is 17.5 Å². The first kappa shape index (κ1) is 14.6. The highest BCUT2D eigenvalue weighted by molar-refractivity contribution is 5.90. The Morgan fingerprint density at radius 3 is 2.55 bits per heavy atom. The van der Waals surface area contributed by atoms with E-state index >= 15 is 0 Å². The number of carbonyl (C=O) groups is 1. The van der Waals surface area contributed by atoms with Gasteiger partial charge in [0.15, 0.2) is 0 Å². The van der Waals surface area contributed by atoms with E-state index in [0.29, 0.717) is 12.4 Å². The van der Waals surface area contributed by atoms with Crippen molar-refractivity contribution in [2.75, 3.05) is 30.8 Å². The van der Waals surface area contributed by atoms with Crippen molar-refractivity contribution in [3.63, 3.8) is 0 Å². The van der Waals surface area contributed by atoms with E-state index in [0.717, 1.165) is 17.9 Å². The van der Waals surface area contributed by atoms with Crippen LogP contribution in [-0.2, 0) is 4.79 Å². The predicted molar refractivity (Wildman–Crippen MR) is 79.6 cm³/mol. The molecule has 0 unspecified atom stereocenters. The molecule has 0 bridgehead atoms. The lowest BCUT2D eigenvalue weighted by molar-refractivity contribution is -0.136. The van der Waals surface area contributed by atoms with E-state index in [-0.39, 0.29) is 11.8 Å². The van der Waals surface area contributed by atoms with Gasteiger partial charge in [-0.05, 0) is 19.8 Å². The Kier molecular flexibility index (Phi) is 3.58. The van der Waals surface area contributed by atoms with E-state index in [1.165, 1.54) is 6.33 Å². The van der Waals surface area contributed by atoms with Crippen molar-refractivity contribution < 1.29 is 4.79 Å². The number of anilines is 2. The van der Waals surface area contributed by atoms with E-state index in [1.807, 2.05) is 25.8 Å². The van der Waals surface area contributed by atoms with E-state index < -0.39 is 5.54 Å². The van der Waals surface area contributed by atoms with Gasteiger partial charge in [-0.2, -0.15) is 0 Å². The molecule has 2 N–H and O–H groups in total. The molecule has 0 radical (unpaired) electrons. The number of nitrogens with zero attached hydrogens (tertiary/aromatic N) is 4. The van der Waals surface area contributed by atoms with E-state index in [2.05, 4.69) is 23.8 Å². The van der Waals surface area contributed by atoms with Gasteiger partial charge >= 0.3 is 0 Å². The highest BCUT2D eigenvalue weighted by Crippen LogP contribution is 2.34. The van der Waals surface area contributed by atoms with Crippen molar-refractivity contribution in [2.24, 2.45) is 0 Å². The zero-order chi connectivity index (χ0) is 15.1. The Morgan fingerprint density at radius 1 is 1.30 bits per heavy atom. The van der Waals surface area contributed by atoms with Gasteiger partial charge in [0.1, 0.15) is 23.5 Å². The Labute approximate surface area is 120 Å². The van der Waals surface area contributed by atoms with E-state index in [4.69, 9.17) is 5.73 Å². The molecule has 0 saturated carbocycles. The minimum absolute atomic E-state index is 0.0932. The summed E-state index contributed by atoms with van der Waals surface area (Å²) in [6, 6.07) is 0. The van der Waals surface area contributed by atoms with Crippen LogP contribution in [0.3, 0.4) is 0 Å². The summed E-state index contributed by atoms with van der Waals surface area (Å²) in [6.07, 6.45) is 1.47. The number of nitrogens with two attached hydrogens (primary N) is 1. The molecule has 1 aliphatic rings. The van der Waals surface area contributed by atoms with Crippen LogP contribution in [0.4, 0.5) is 11.6 Å². The maximum atomic E-state index is 12.4. The first-order valence-corrected chi connectivity index (χ1v) is 6.90. The topological polar surface area (TPSA) is 75.3 Å². The average molecular weight is 277 g/mol. The van der Waals surface area contributed by atoms with Gasteiger partial charge in [0, 0.05) is 25.7 Å². The van der Waals surface area contributed by atoms with Crippen molar-refractivity contribution in [2.45, 2.75) is 39.2 Å². The maximum Gasteiger partial charge on any atom is 0.247 e. The number of amides is 1. The van der Waals surface area contributed by atoms with Crippen molar-refractivity contribution in [3.8, 4) is 0 Å². The zero-order valence-corrected chi connectivity index (χ0v) is 12.8. The quantitative estimate of drug-likeness (QED) is 0.880. The van der Waals surface area contributed by atoms with Crippen LogP contribution in [0.5, 0.6) is 0 Å². The van der Waals surface area contributed by atoms with Gasteiger partial charge in [-0.15, -0.1) is 0 Å². The summed E-state index contributed by atoms with van der Waals surface area (Å²) in [5, 5.41) is 0. The minimum Gasteiger partial charge on any atom is -0.383 e. The highest BCUT2D eigenvalue weighted by Gasteiger charge is 2.42. The number of likely N-dealkylation sites (N-methyl/N-ethyl adjacent to an activating group) is 1. The SMILES string of the molecule is CC(C)c1c(N)ncnc1N1CCN(C)C(=O)C1(C)C. The number of nitrogen functional groups attached to an aromatic ring is 1. The Bertz CT molecular complexity index is 526.